The van der Waals surface area contributed by atoms with E-state index in [9.17, 15) is 14.4 Å². The highest BCUT2D eigenvalue weighted by Gasteiger charge is 2.36. The molecule has 0 spiro atoms. The number of aromatic nitrogens is 2. The zero-order valence-corrected chi connectivity index (χ0v) is 12.5. The monoisotopic (exact) mass is 316 g/mol. The molecule has 2 N–H and O–H groups in total. The molecule has 1 saturated heterocycles. The summed E-state index contributed by atoms with van der Waals surface area (Å²) >= 11 is 0. The van der Waals surface area contributed by atoms with Crippen molar-refractivity contribution in [3.8, 4) is 0 Å². The number of H-pyrrole nitrogens is 1. The first kappa shape index (κ1) is 15.0. The highest BCUT2D eigenvalue weighted by Crippen LogP contribution is 2.20. The number of rotatable bonds is 3. The van der Waals surface area contributed by atoms with E-state index in [0.717, 1.165) is 5.39 Å². The van der Waals surface area contributed by atoms with Crippen LogP contribution >= 0.6 is 0 Å². The van der Waals surface area contributed by atoms with Crippen LogP contribution in [-0.4, -0.2) is 59.1 Å². The van der Waals surface area contributed by atoms with E-state index in [0.29, 0.717) is 24.2 Å². The van der Waals surface area contributed by atoms with E-state index in [2.05, 4.69) is 20.3 Å². The summed E-state index contributed by atoms with van der Waals surface area (Å²) in [6.45, 7) is 0.679. The van der Waals surface area contributed by atoms with Crippen LogP contribution in [0.2, 0.25) is 0 Å². The number of carbonyl (C=O) groups excluding carboxylic acids is 3. The minimum absolute atomic E-state index is 0.174. The summed E-state index contributed by atoms with van der Waals surface area (Å²) in [5, 5.41) is 10.2. The summed E-state index contributed by atoms with van der Waals surface area (Å²) < 4.78 is 4.62. The first-order chi connectivity index (χ1) is 11.1. The summed E-state index contributed by atoms with van der Waals surface area (Å²) in [7, 11) is 1.25. The number of methoxy groups -OCH3 is 1. The maximum Gasteiger partial charge on any atom is 0.308 e. The van der Waals surface area contributed by atoms with E-state index in [1.165, 1.54) is 12.0 Å². The Bertz CT molecular complexity index is 770. The molecule has 2 aromatic rings. The first-order valence-electron chi connectivity index (χ1n) is 7.19. The second-order valence-corrected chi connectivity index (χ2v) is 5.23. The first-order valence-corrected chi connectivity index (χ1v) is 7.19. The van der Waals surface area contributed by atoms with Gasteiger partial charge in [0.2, 0.25) is 5.91 Å². The summed E-state index contributed by atoms with van der Waals surface area (Å²) in [5.41, 5.74) is 1.03. The normalized spacial score (nSPS) is 17.9. The average molecular weight is 316 g/mol. The van der Waals surface area contributed by atoms with Crippen molar-refractivity contribution in [1.29, 1.82) is 0 Å². The largest absolute Gasteiger partial charge is 0.469 e. The number of aromatic amines is 1. The molecule has 1 fully saturated rings. The summed E-state index contributed by atoms with van der Waals surface area (Å²) in [5.74, 6) is -1.21. The molecule has 0 unspecified atom stereocenters. The van der Waals surface area contributed by atoms with E-state index < -0.39 is 12.0 Å². The van der Waals surface area contributed by atoms with Crippen LogP contribution in [0.4, 0.5) is 0 Å². The van der Waals surface area contributed by atoms with Crippen LogP contribution in [0.5, 0.6) is 0 Å². The van der Waals surface area contributed by atoms with Gasteiger partial charge in [0.15, 0.2) is 0 Å². The number of amides is 2. The van der Waals surface area contributed by atoms with E-state index in [-0.39, 0.29) is 18.2 Å². The van der Waals surface area contributed by atoms with Crippen molar-refractivity contribution in [3.63, 3.8) is 0 Å². The summed E-state index contributed by atoms with van der Waals surface area (Å²) in [6.07, 6.45) is 1.45. The van der Waals surface area contributed by atoms with Gasteiger partial charge in [0, 0.05) is 18.5 Å². The lowest BCUT2D eigenvalue weighted by Crippen LogP contribution is -2.57. The van der Waals surface area contributed by atoms with Gasteiger partial charge in [-0.3, -0.25) is 19.5 Å². The molecule has 2 heterocycles. The number of fused-ring (bicyclic) bond motifs is 1. The van der Waals surface area contributed by atoms with Gasteiger partial charge in [-0.15, -0.1) is 0 Å². The maximum absolute atomic E-state index is 12.9. The lowest BCUT2D eigenvalue weighted by molar-refractivity contribution is -0.145. The molecule has 3 rings (SSSR count). The van der Waals surface area contributed by atoms with Gasteiger partial charge in [-0.05, 0) is 6.07 Å². The van der Waals surface area contributed by atoms with Crippen LogP contribution in [0.1, 0.15) is 16.8 Å². The minimum Gasteiger partial charge on any atom is -0.469 e. The molecule has 1 aromatic carbocycles. The Morgan fingerprint density at radius 2 is 2.26 bits per heavy atom. The van der Waals surface area contributed by atoms with Crippen LogP contribution in [-0.2, 0) is 14.3 Å². The van der Waals surface area contributed by atoms with Crippen LogP contribution in [0.15, 0.2) is 24.4 Å². The maximum atomic E-state index is 12.9. The van der Waals surface area contributed by atoms with Gasteiger partial charge >= 0.3 is 5.97 Å². The molecule has 0 saturated carbocycles. The Labute approximate surface area is 131 Å². The van der Waals surface area contributed by atoms with Crippen molar-refractivity contribution in [2.75, 3.05) is 20.2 Å². The number of benzene rings is 1. The predicted molar refractivity (Wildman–Crippen MR) is 80.6 cm³/mol. The predicted octanol–water partition coefficient (Wildman–Crippen LogP) is 0.0666. The molecule has 1 aliphatic rings. The zero-order valence-electron chi connectivity index (χ0n) is 12.5. The van der Waals surface area contributed by atoms with Gasteiger partial charge in [0.1, 0.15) is 6.04 Å². The van der Waals surface area contributed by atoms with Crippen LogP contribution < -0.4 is 5.32 Å². The number of hydrogen-bond donors (Lipinski definition) is 2. The molecule has 1 aromatic heterocycles. The Balaban J connectivity index is 1.93. The number of para-hydroxylation sites is 1. The number of esters is 1. The molecular weight excluding hydrogens is 300 g/mol. The molecule has 0 radical (unpaired) electrons. The average Bonchev–Trinajstić information content (AvgIpc) is 3.04. The van der Waals surface area contributed by atoms with Gasteiger partial charge < -0.3 is 15.0 Å². The van der Waals surface area contributed by atoms with Gasteiger partial charge in [0.05, 0.1) is 30.8 Å². The third kappa shape index (κ3) is 2.75. The fraction of sp³-hybridized carbons (Fsp3) is 0.333. The van der Waals surface area contributed by atoms with E-state index >= 15 is 0 Å². The summed E-state index contributed by atoms with van der Waals surface area (Å²) in [4.78, 5) is 37.9. The van der Waals surface area contributed by atoms with Gasteiger partial charge in [0.25, 0.3) is 5.91 Å². The lowest BCUT2D eigenvalue weighted by Gasteiger charge is -2.34. The van der Waals surface area contributed by atoms with Crippen LogP contribution in [0, 0.1) is 0 Å². The van der Waals surface area contributed by atoms with Crippen molar-refractivity contribution in [1.82, 2.24) is 20.4 Å². The molecule has 0 aliphatic carbocycles. The van der Waals surface area contributed by atoms with Crippen molar-refractivity contribution < 1.29 is 19.1 Å². The zero-order chi connectivity index (χ0) is 16.4. The van der Waals surface area contributed by atoms with Crippen molar-refractivity contribution >= 4 is 28.7 Å². The topological polar surface area (TPSA) is 104 Å². The molecule has 1 aliphatic heterocycles. The number of nitrogens with one attached hydrogen (secondary N) is 2. The quantitative estimate of drug-likeness (QED) is 0.780. The molecule has 0 bridgehead atoms. The number of carbonyl (C=O) groups is 3. The Kier molecular flexibility index (Phi) is 3.96. The van der Waals surface area contributed by atoms with Crippen molar-refractivity contribution in [2.24, 2.45) is 0 Å². The Morgan fingerprint density at radius 1 is 1.43 bits per heavy atom. The molecule has 120 valence electrons. The van der Waals surface area contributed by atoms with E-state index in [1.807, 2.05) is 6.07 Å². The second kappa shape index (κ2) is 6.07. The van der Waals surface area contributed by atoms with Gasteiger partial charge in [-0.25, -0.2) is 0 Å². The standard InChI is InChI=1S/C15H16N4O4/c1-23-12(20)7-11-14(21)16-5-6-19(11)15(22)10-4-2-3-9-8-17-18-13(9)10/h2-4,8,11H,5-7H2,1H3,(H,16,21)(H,17,18)/t11-/m0/s1. The smallest absolute Gasteiger partial charge is 0.308 e. The fourth-order valence-electron chi connectivity index (χ4n) is 2.70. The number of piperazine rings is 1. The number of nitrogens with zero attached hydrogens (tertiary/aromatic N) is 2. The summed E-state index contributed by atoms with van der Waals surface area (Å²) in [6, 6.07) is 4.39. The van der Waals surface area contributed by atoms with Gasteiger partial charge in [-0.2, -0.15) is 5.10 Å². The van der Waals surface area contributed by atoms with Crippen molar-refractivity contribution in [2.45, 2.75) is 12.5 Å². The van der Waals surface area contributed by atoms with E-state index in [4.69, 9.17) is 0 Å². The number of ether oxygens (including phenoxy) is 1. The third-order valence-corrected chi connectivity index (χ3v) is 3.89. The van der Waals surface area contributed by atoms with Gasteiger partial charge in [-0.1, -0.05) is 12.1 Å². The molecule has 2 amide bonds. The molecular formula is C15H16N4O4. The SMILES string of the molecule is COC(=O)C[C@H]1C(=O)NCCN1C(=O)c1cccc2cn[nH]c12. The highest BCUT2D eigenvalue weighted by molar-refractivity contribution is 6.07. The Morgan fingerprint density at radius 3 is 3.04 bits per heavy atom. The number of hydrogen-bond acceptors (Lipinski definition) is 5. The lowest BCUT2D eigenvalue weighted by atomic mass is 10.1. The molecule has 1 atom stereocenters. The fourth-order valence-corrected chi connectivity index (χ4v) is 2.70. The highest BCUT2D eigenvalue weighted by atomic mass is 16.5. The van der Waals surface area contributed by atoms with Crippen LogP contribution in [0.3, 0.4) is 0 Å². The van der Waals surface area contributed by atoms with Crippen LogP contribution in [0.25, 0.3) is 10.9 Å². The minimum atomic E-state index is -0.873. The Hall–Kier alpha value is -2.90. The molecule has 8 nitrogen and oxygen atoms in total. The second-order valence-electron chi connectivity index (χ2n) is 5.23. The van der Waals surface area contributed by atoms with E-state index in [1.54, 1.807) is 18.3 Å². The molecule has 8 heteroatoms. The van der Waals surface area contributed by atoms with Crippen molar-refractivity contribution in [3.05, 3.63) is 30.0 Å². The third-order valence-electron chi connectivity index (χ3n) is 3.89. The molecule has 23 heavy (non-hydrogen) atoms.